The van der Waals surface area contributed by atoms with Crippen LogP contribution in [0.3, 0.4) is 0 Å². The summed E-state index contributed by atoms with van der Waals surface area (Å²) in [5.74, 6) is -0.394. The predicted molar refractivity (Wildman–Crippen MR) is 103 cm³/mol. The number of carbonyl (C=O) groups is 1. The van der Waals surface area contributed by atoms with Crippen LogP contribution in [0, 0.1) is 6.92 Å². The molecule has 3 rings (SSSR count). The average molecular weight is 353 g/mol. The molecule has 1 aromatic heterocycles. The van der Waals surface area contributed by atoms with Gasteiger partial charge in [-0.25, -0.2) is 0 Å². The molecular formula is C21H21ClN2O. The second-order valence-electron chi connectivity index (χ2n) is 6.14. The zero-order chi connectivity index (χ0) is 17.8. The third kappa shape index (κ3) is 3.94. The van der Waals surface area contributed by atoms with E-state index in [0.29, 0.717) is 10.6 Å². The molecule has 0 unspecified atom stereocenters. The number of amides is 1. The molecule has 3 nitrogen and oxygen atoms in total. The second-order valence-corrected chi connectivity index (χ2v) is 6.58. The second kappa shape index (κ2) is 7.58. The quantitative estimate of drug-likeness (QED) is 0.677. The van der Waals surface area contributed by atoms with Gasteiger partial charge in [-0.2, -0.15) is 0 Å². The lowest BCUT2D eigenvalue weighted by atomic mass is 10.1. The third-order valence-corrected chi connectivity index (χ3v) is 4.71. The van der Waals surface area contributed by atoms with Crippen LogP contribution in [0.15, 0.2) is 60.7 Å². The van der Waals surface area contributed by atoms with Gasteiger partial charge in [0.25, 0.3) is 5.91 Å². The van der Waals surface area contributed by atoms with Crippen molar-refractivity contribution in [2.24, 2.45) is 5.73 Å². The normalized spacial score (nSPS) is 10.8. The fraction of sp³-hybridized carbons (Fsp3) is 0.190. The van der Waals surface area contributed by atoms with Crippen molar-refractivity contribution in [2.45, 2.75) is 26.3 Å². The van der Waals surface area contributed by atoms with Crippen LogP contribution in [0.4, 0.5) is 0 Å². The van der Waals surface area contributed by atoms with Crippen molar-refractivity contribution in [3.63, 3.8) is 0 Å². The Kier molecular flexibility index (Phi) is 5.25. The van der Waals surface area contributed by atoms with Gasteiger partial charge in [0.2, 0.25) is 0 Å². The van der Waals surface area contributed by atoms with Gasteiger partial charge < -0.3 is 10.3 Å². The smallest absolute Gasteiger partial charge is 0.250 e. The molecule has 3 aromatic rings. The van der Waals surface area contributed by atoms with Gasteiger partial charge in [-0.15, -0.1) is 0 Å². The summed E-state index contributed by atoms with van der Waals surface area (Å²) < 4.78 is 2.17. The van der Waals surface area contributed by atoms with E-state index >= 15 is 0 Å². The van der Waals surface area contributed by atoms with Gasteiger partial charge in [-0.05, 0) is 49.1 Å². The van der Waals surface area contributed by atoms with Crippen molar-refractivity contribution < 1.29 is 4.79 Å². The molecule has 0 aliphatic rings. The number of halogens is 1. The van der Waals surface area contributed by atoms with Crippen molar-refractivity contribution in [3.8, 4) is 11.3 Å². The molecule has 25 heavy (non-hydrogen) atoms. The van der Waals surface area contributed by atoms with E-state index in [1.54, 1.807) is 0 Å². The lowest BCUT2D eigenvalue weighted by Crippen LogP contribution is -2.12. The van der Waals surface area contributed by atoms with Crippen molar-refractivity contribution in [2.75, 3.05) is 0 Å². The Morgan fingerprint density at radius 3 is 2.40 bits per heavy atom. The number of benzene rings is 2. The fourth-order valence-electron chi connectivity index (χ4n) is 3.13. The molecule has 0 radical (unpaired) electrons. The highest BCUT2D eigenvalue weighted by Gasteiger charge is 2.16. The maximum Gasteiger partial charge on any atom is 0.250 e. The number of carbonyl (C=O) groups excluding carboxylic acids is 1. The number of hydrogen-bond donors (Lipinski definition) is 1. The molecule has 0 saturated carbocycles. The minimum Gasteiger partial charge on any atom is -0.366 e. The van der Waals surface area contributed by atoms with E-state index in [0.717, 1.165) is 36.3 Å². The number of aromatic nitrogens is 1. The molecule has 128 valence electrons. The largest absolute Gasteiger partial charge is 0.366 e. The van der Waals surface area contributed by atoms with E-state index in [9.17, 15) is 4.79 Å². The summed E-state index contributed by atoms with van der Waals surface area (Å²) in [6.45, 7) is 2.77. The van der Waals surface area contributed by atoms with E-state index in [1.165, 1.54) is 5.56 Å². The summed E-state index contributed by atoms with van der Waals surface area (Å²) in [4.78, 5) is 11.8. The first kappa shape index (κ1) is 17.3. The summed E-state index contributed by atoms with van der Waals surface area (Å²) in [7, 11) is 0. The van der Waals surface area contributed by atoms with Crippen LogP contribution in [0.5, 0.6) is 0 Å². The molecule has 1 heterocycles. The molecule has 1 amide bonds. The average Bonchev–Trinajstić information content (AvgIpc) is 2.94. The van der Waals surface area contributed by atoms with Gasteiger partial charge in [0, 0.05) is 23.0 Å². The molecule has 0 aliphatic heterocycles. The summed E-state index contributed by atoms with van der Waals surface area (Å²) in [5.41, 5.74) is 10.4. The van der Waals surface area contributed by atoms with Gasteiger partial charge in [-0.3, -0.25) is 4.79 Å². The number of primary amides is 1. The Labute approximate surface area is 153 Å². The molecule has 0 saturated heterocycles. The topological polar surface area (TPSA) is 48.0 Å². The number of nitrogens with zero attached hydrogens (tertiary/aromatic N) is 1. The Morgan fingerprint density at radius 2 is 1.76 bits per heavy atom. The first-order chi connectivity index (χ1) is 12.1. The van der Waals surface area contributed by atoms with E-state index in [-0.39, 0.29) is 0 Å². The molecule has 0 atom stereocenters. The summed E-state index contributed by atoms with van der Waals surface area (Å²) in [6, 6.07) is 19.9. The highest BCUT2D eigenvalue weighted by Crippen LogP contribution is 2.27. The number of nitrogens with two attached hydrogens (primary N) is 1. The summed E-state index contributed by atoms with van der Waals surface area (Å²) >= 11 is 6.00. The van der Waals surface area contributed by atoms with Crippen LogP contribution in [0.1, 0.15) is 28.0 Å². The monoisotopic (exact) mass is 352 g/mol. The van der Waals surface area contributed by atoms with Crippen LogP contribution in [0.25, 0.3) is 11.3 Å². The van der Waals surface area contributed by atoms with E-state index in [4.69, 9.17) is 17.3 Å². The van der Waals surface area contributed by atoms with E-state index in [2.05, 4.69) is 28.8 Å². The first-order valence-electron chi connectivity index (χ1n) is 8.36. The van der Waals surface area contributed by atoms with Crippen LogP contribution in [0.2, 0.25) is 5.02 Å². The van der Waals surface area contributed by atoms with Crippen molar-refractivity contribution in [1.29, 1.82) is 0 Å². The minimum absolute atomic E-state index is 0.394. The van der Waals surface area contributed by atoms with E-state index in [1.807, 2.05) is 43.3 Å². The zero-order valence-electron chi connectivity index (χ0n) is 14.2. The molecule has 0 spiro atoms. The molecule has 0 bridgehead atoms. The lowest BCUT2D eigenvalue weighted by molar-refractivity contribution is 0.0999. The summed E-state index contributed by atoms with van der Waals surface area (Å²) in [5, 5.41) is 0.692. The molecule has 2 aromatic carbocycles. The van der Waals surface area contributed by atoms with Gasteiger partial charge >= 0.3 is 0 Å². The van der Waals surface area contributed by atoms with Gasteiger partial charge in [0.05, 0.1) is 5.56 Å². The van der Waals surface area contributed by atoms with Crippen molar-refractivity contribution in [1.82, 2.24) is 4.57 Å². The first-order valence-corrected chi connectivity index (χ1v) is 8.74. The maximum absolute atomic E-state index is 11.8. The zero-order valence-corrected chi connectivity index (χ0v) is 15.0. The molecule has 0 fully saturated rings. The lowest BCUT2D eigenvalue weighted by Gasteiger charge is -2.12. The third-order valence-electron chi connectivity index (χ3n) is 4.46. The Bertz CT molecular complexity index is 867. The van der Waals surface area contributed by atoms with Gasteiger partial charge in [-0.1, -0.05) is 54.1 Å². The minimum atomic E-state index is -0.394. The van der Waals surface area contributed by atoms with Crippen molar-refractivity contribution >= 4 is 17.5 Å². The maximum atomic E-state index is 11.8. The number of hydrogen-bond acceptors (Lipinski definition) is 1. The molecule has 4 heteroatoms. The van der Waals surface area contributed by atoms with Crippen LogP contribution < -0.4 is 5.73 Å². The number of rotatable bonds is 6. The van der Waals surface area contributed by atoms with Crippen molar-refractivity contribution in [3.05, 3.63) is 82.5 Å². The fourth-order valence-corrected chi connectivity index (χ4v) is 3.25. The Balaban J connectivity index is 1.88. The molecular weight excluding hydrogens is 332 g/mol. The standard InChI is InChI=1S/C21H21ClN2O/c1-15-19(21(23)25)14-20(17-9-11-18(22)12-10-17)24(15)13-5-8-16-6-3-2-4-7-16/h2-4,6-7,9-12,14H,5,8,13H2,1H3,(H2,23,25). The molecule has 2 N–H and O–H groups in total. The van der Waals surface area contributed by atoms with Gasteiger partial charge in [0.15, 0.2) is 0 Å². The highest BCUT2D eigenvalue weighted by atomic mass is 35.5. The van der Waals surface area contributed by atoms with Gasteiger partial charge in [0.1, 0.15) is 0 Å². The van der Waals surface area contributed by atoms with Crippen LogP contribution in [-0.4, -0.2) is 10.5 Å². The SMILES string of the molecule is Cc1c(C(N)=O)cc(-c2ccc(Cl)cc2)n1CCCc1ccccc1. The highest BCUT2D eigenvalue weighted by molar-refractivity contribution is 6.30. The predicted octanol–water partition coefficient (Wildman–Crippen LogP) is 4.85. The molecule has 0 aliphatic carbocycles. The van der Waals surface area contributed by atoms with Crippen LogP contribution >= 0.6 is 11.6 Å². The Morgan fingerprint density at radius 1 is 1.08 bits per heavy atom. The number of aryl methyl sites for hydroxylation is 1. The summed E-state index contributed by atoms with van der Waals surface area (Å²) in [6.07, 6.45) is 1.97. The Hall–Kier alpha value is -2.52. The van der Waals surface area contributed by atoms with E-state index < -0.39 is 5.91 Å². The van der Waals surface area contributed by atoms with Crippen LogP contribution in [-0.2, 0) is 13.0 Å².